The van der Waals surface area contributed by atoms with Crippen molar-refractivity contribution in [2.75, 3.05) is 13.1 Å². The molecule has 0 aromatic carbocycles. The van der Waals surface area contributed by atoms with E-state index in [1.54, 1.807) is 0 Å². The molecule has 2 nitrogen and oxygen atoms in total. The zero-order valence-corrected chi connectivity index (χ0v) is 8.71. The number of hydrogen-bond acceptors (Lipinski definition) is 2. The molecule has 1 fully saturated rings. The van der Waals surface area contributed by atoms with Crippen LogP contribution in [0.25, 0.3) is 0 Å². The maximum absolute atomic E-state index is 8.80. The fourth-order valence-electron chi connectivity index (χ4n) is 2.53. The molecule has 2 aliphatic rings. The number of hydrogen-bond donors (Lipinski definition) is 0. The molecule has 0 bridgehead atoms. The van der Waals surface area contributed by atoms with Crippen molar-refractivity contribution < 1.29 is 0 Å². The summed E-state index contributed by atoms with van der Waals surface area (Å²) in [5.41, 5.74) is 0.999. The van der Waals surface area contributed by atoms with Crippen LogP contribution in [0.1, 0.15) is 38.5 Å². The quantitative estimate of drug-likeness (QED) is 0.635. The molecular weight excluding hydrogens is 172 g/mol. The van der Waals surface area contributed by atoms with Gasteiger partial charge in [-0.3, -0.25) is 4.90 Å². The Bertz CT molecular complexity index is 254. The summed E-state index contributed by atoms with van der Waals surface area (Å²) in [6.45, 7) is 2.49. The minimum atomic E-state index is 0.641. The van der Waals surface area contributed by atoms with E-state index in [0.717, 1.165) is 18.4 Å². The van der Waals surface area contributed by atoms with Gasteiger partial charge in [-0.2, -0.15) is 5.26 Å². The Kier molecular flexibility index (Phi) is 3.21. The third-order valence-corrected chi connectivity index (χ3v) is 3.39. The Hall–Kier alpha value is -0.810. The van der Waals surface area contributed by atoms with Crippen LogP contribution in [0.4, 0.5) is 0 Å². The fraction of sp³-hybridized carbons (Fsp3) is 0.750. The molecule has 0 N–H and O–H groups in total. The van der Waals surface area contributed by atoms with Crippen LogP contribution in [-0.2, 0) is 0 Å². The maximum Gasteiger partial charge on any atom is 0.0944 e. The normalized spacial score (nSPS) is 29.4. The Balaban J connectivity index is 1.87. The monoisotopic (exact) mass is 190 g/mol. The summed E-state index contributed by atoms with van der Waals surface area (Å²) in [7, 11) is 0. The first kappa shape index (κ1) is 9.73. The highest BCUT2D eigenvalue weighted by Gasteiger charge is 2.23. The van der Waals surface area contributed by atoms with E-state index in [1.807, 2.05) is 0 Å². The third kappa shape index (κ3) is 2.16. The van der Waals surface area contributed by atoms with Crippen molar-refractivity contribution in [3.63, 3.8) is 0 Å². The maximum atomic E-state index is 8.80. The van der Waals surface area contributed by atoms with E-state index in [0.29, 0.717) is 6.04 Å². The van der Waals surface area contributed by atoms with Crippen LogP contribution >= 0.6 is 0 Å². The first-order valence-electron chi connectivity index (χ1n) is 5.73. The summed E-state index contributed by atoms with van der Waals surface area (Å²) < 4.78 is 0. The highest BCUT2D eigenvalue weighted by atomic mass is 15.2. The molecule has 2 heteroatoms. The molecule has 76 valence electrons. The first-order chi connectivity index (χ1) is 6.90. The van der Waals surface area contributed by atoms with Gasteiger partial charge in [0.1, 0.15) is 0 Å². The van der Waals surface area contributed by atoms with Crippen LogP contribution in [0.15, 0.2) is 11.6 Å². The predicted molar refractivity (Wildman–Crippen MR) is 56.8 cm³/mol. The molecule has 0 radical (unpaired) electrons. The van der Waals surface area contributed by atoms with Crippen molar-refractivity contribution in [3.8, 4) is 6.07 Å². The van der Waals surface area contributed by atoms with Gasteiger partial charge in [0.15, 0.2) is 0 Å². The van der Waals surface area contributed by atoms with Gasteiger partial charge < -0.3 is 0 Å². The lowest BCUT2D eigenvalue weighted by Gasteiger charge is -2.26. The molecule has 0 aromatic heterocycles. The van der Waals surface area contributed by atoms with Gasteiger partial charge in [-0.1, -0.05) is 18.9 Å². The van der Waals surface area contributed by atoms with E-state index in [9.17, 15) is 0 Å². The lowest BCUT2D eigenvalue weighted by atomic mass is 10.1. The average Bonchev–Trinajstić information content (AvgIpc) is 2.53. The zero-order valence-electron chi connectivity index (χ0n) is 8.71. The van der Waals surface area contributed by atoms with Crippen LogP contribution < -0.4 is 0 Å². The molecule has 0 saturated carbocycles. The lowest BCUT2D eigenvalue weighted by molar-refractivity contribution is 0.210. The lowest BCUT2D eigenvalue weighted by Crippen LogP contribution is -2.34. The molecule has 1 atom stereocenters. The van der Waals surface area contributed by atoms with Crippen molar-refractivity contribution in [2.24, 2.45) is 0 Å². The molecule has 1 unspecified atom stereocenters. The van der Waals surface area contributed by atoms with Gasteiger partial charge in [0, 0.05) is 11.6 Å². The Labute approximate surface area is 86.2 Å². The minimum Gasteiger partial charge on any atom is -0.300 e. The molecule has 1 saturated heterocycles. The van der Waals surface area contributed by atoms with Gasteiger partial charge >= 0.3 is 0 Å². The largest absolute Gasteiger partial charge is 0.300 e. The van der Waals surface area contributed by atoms with Crippen molar-refractivity contribution in [1.82, 2.24) is 4.90 Å². The van der Waals surface area contributed by atoms with Crippen LogP contribution in [0.3, 0.4) is 0 Å². The van der Waals surface area contributed by atoms with Gasteiger partial charge in [0.25, 0.3) is 0 Å². The molecule has 1 aliphatic carbocycles. The number of likely N-dealkylation sites (tertiary alicyclic amines) is 1. The standard InChI is InChI=1S/C12H18N2/c13-10-11-5-6-12(9-11)14-7-3-1-2-4-8-14/h5,12H,1-4,6-9H2. The van der Waals surface area contributed by atoms with E-state index in [1.165, 1.54) is 38.8 Å². The highest BCUT2D eigenvalue weighted by Crippen LogP contribution is 2.25. The molecule has 14 heavy (non-hydrogen) atoms. The van der Waals surface area contributed by atoms with E-state index in [2.05, 4.69) is 17.0 Å². The van der Waals surface area contributed by atoms with Crippen molar-refractivity contribution in [2.45, 2.75) is 44.6 Å². The Morgan fingerprint density at radius 2 is 1.93 bits per heavy atom. The number of nitrogens with zero attached hydrogens (tertiary/aromatic N) is 2. The number of rotatable bonds is 1. The van der Waals surface area contributed by atoms with Gasteiger partial charge in [0.2, 0.25) is 0 Å². The van der Waals surface area contributed by atoms with Crippen LogP contribution in [0, 0.1) is 11.3 Å². The SMILES string of the molecule is N#CC1=CCC(N2CCCCCC2)C1. The van der Waals surface area contributed by atoms with Gasteiger partial charge in [0.05, 0.1) is 6.07 Å². The molecule has 0 aromatic rings. The van der Waals surface area contributed by atoms with E-state index in [4.69, 9.17) is 5.26 Å². The predicted octanol–water partition coefficient (Wildman–Crippen LogP) is 2.47. The molecule has 1 aliphatic heterocycles. The van der Waals surface area contributed by atoms with Gasteiger partial charge in [-0.05, 0) is 38.8 Å². The molecule has 2 rings (SSSR count). The second-order valence-electron chi connectivity index (χ2n) is 4.38. The average molecular weight is 190 g/mol. The molecule has 1 heterocycles. The minimum absolute atomic E-state index is 0.641. The summed E-state index contributed by atoms with van der Waals surface area (Å²) in [6.07, 6.45) is 9.69. The van der Waals surface area contributed by atoms with Crippen LogP contribution in [0.2, 0.25) is 0 Å². The summed E-state index contributed by atoms with van der Waals surface area (Å²) in [4.78, 5) is 2.59. The van der Waals surface area contributed by atoms with Gasteiger partial charge in [-0.15, -0.1) is 0 Å². The molecule has 0 amide bonds. The summed E-state index contributed by atoms with van der Waals surface area (Å²) in [5.74, 6) is 0. The van der Waals surface area contributed by atoms with Crippen molar-refractivity contribution in [1.29, 1.82) is 5.26 Å². The molecule has 0 spiro atoms. The van der Waals surface area contributed by atoms with Crippen molar-refractivity contribution >= 4 is 0 Å². The summed E-state index contributed by atoms with van der Waals surface area (Å²) >= 11 is 0. The highest BCUT2D eigenvalue weighted by molar-refractivity contribution is 5.26. The topological polar surface area (TPSA) is 27.0 Å². The summed E-state index contributed by atoms with van der Waals surface area (Å²) in [5, 5.41) is 8.80. The smallest absolute Gasteiger partial charge is 0.0944 e. The van der Waals surface area contributed by atoms with Crippen molar-refractivity contribution in [3.05, 3.63) is 11.6 Å². The zero-order chi connectivity index (χ0) is 9.80. The van der Waals surface area contributed by atoms with Crippen LogP contribution in [0.5, 0.6) is 0 Å². The molecular formula is C12H18N2. The second-order valence-corrected chi connectivity index (χ2v) is 4.38. The van der Waals surface area contributed by atoms with E-state index in [-0.39, 0.29) is 0 Å². The van der Waals surface area contributed by atoms with Gasteiger partial charge in [-0.25, -0.2) is 0 Å². The Morgan fingerprint density at radius 3 is 2.50 bits per heavy atom. The first-order valence-corrected chi connectivity index (χ1v) is 5.73. The Morgan fingerprint density at radius 1 is 1.21 bits per heavy atom. The fourth-order valence-corrected chi connectivity index (χ4v) is 2.53. The number of nitriles is 1. The second kappa shape index (κ2) is 4.61. The third-order valence-electron chi connectivity index (χ3n) is 3.39. The van der Waals surface area contributed by atoms with E-state index >= 15 is 0 Å². The van der Waals surface area contributed by atoms with E-state index < -0.39 is 0 Å². The van der Waals surface area contributed by atoms with Crippen LogP contribution in [-0.4, -0.2) is 24.0 Å². The summed E-state index contributed by atoms with van der Waals surface area (Å²) in [6, 6.07) is 2.92.